The molecule has 4 heteroatoms. The number of pyridine rings is 1. The summed E-state index contributed by atoms with van der Waals surface area (Å²) >= 11 is 0. The molecule has 15 heavy (non-hydrogen) atoms. The van der Waals surface area contributed by atoms with E-state index in [9.17, 15) is 0 Å². The van der Waals surface area contributed by atoms with Crippen molar-refractivity contribution < 1.29 is 4.74 Å². The number of methoxy groups -OCH3 is 1. The lowest BCUT2D eigenvalue weighted by Crippen LogP contribution is -2.25. The lowest BCUT2D eigenvalue weighted by atomic mass is 10.1. The molecular formula is C11H17N3O. The molecule has 1 aromatic heterocycles. The number of ether oxygens (including phenoxy) is 1. The average molecular weight is 207 g/mol. The summed E-state index contributed by atoms with van der Waals surface area (Å²) in [4.78, 5) is 4.38. The smallest absolute Gasteiger partial charge is 0.215 e. The zero-order valence-electron chi connectivity index (χ0n) is 9.37. The third-order valence-corrected chi connectivity index (χ3v) is 2.91. The summed E-state index contributed by atoms with van der Waals surface area (Å²) in [6, 6.07) is 4.28. The van der Waals surface area contributed by atoms with Crippen LogP contribution < -0.4 is 15.4 Å². The van der Waals surface area contributed by atoms with Gasteiger partial charge in [0.1, 0.15) is 0 Å². The van der Waals surface area contributed by atoms with Gasteiger partial charge < -0.3 is 15.4 Å². The molecule has 1 aliphatic rings. The number of hydrogen-bond donors (Lipinski definition) is 2. The van der Waals surface area contributed by atoms with Crippen LogP contribution in [0.4, 0.5) is 11.5 Å². The quantitative estimate of drug-likeness (QED) is 0.739. The standard InChI is InChI=1S/C11H17N3O/c1-7-6-12-9-4-5-10(15-3)14-11(9)13-8(7)2/h4-5,7-8,12H,6H2,1-3H3,(H,13,14). The predicted octanol–water partition coefficient (Wildman–Crippen LogP) is 1.95. The number of anilines is 2. The van der Waals surface area contributed by atoms with Crippen LogP contribution in [0.1, 0.15) is 13.8 Å². The molecule has 4 nitrogen and oxygen atoms in total. The zero-order valence-corrected chi connectivity index (χ0v) is 9.37. The first-order chi connectivity index (χ1) is 7.20. The fraction of sp³-hybridized carbons (Fsp3) is 0.545. The Kier molecular flexibility index (Phi) is 2.66. The van der Waals surface area contributed by atoms with Gasteiger partial charge in [-0.05, 0) is 18.9 Å². The molecule has 0 bridgehead atoms. The molecule has 0 saturated heterocycles. The van der Waals surface area contributed by atoms with Crippen molar-refractivity contribution in [2.24, 2.45) is 5.92 Å². The van der Waals surface area contributed by atoms with Gasteiger partial charge in [0.2, 0.25) is 5.88 Å². The maximum absolute atomic E-state index is 5.10. The normalized spacial score (nSPS) is 24.5. The second-order valence-electron chi connectivity index (χ2n) is 4.04. The lowest BCUT2D eigenvalue weighted by molar-refractivity contribution is 0.398. The van der Waals surface area contributed by atoms with E-state index in [0.29, 0.717) is 17.8 Å². The minimum atomic E-state index is 0.415. The Labute approximate surface area is 90.0 Å². The first-order valence-electron chi connectivity index (χ1n) is 5.26. The highest BCUT2D eigenvalue weighted by molar-refractivity contribution is 5.66. The summed E-state index contributed by atoms with van der Waals surface area (Å²) in [5.41, 5.74) is 1.05. The summed E-state index contributed by atoms with van der Waals surface area (Å²) in [5.74, 6) is 2.10. The Hall–Kier alpha value is -1.45. The van der Waals surface area contributed by atoms with Gasteiger partial charge in [-0.15, -0.1) is 0 Å². The Morgan fingerprint density at radius 1 is 1.40 bits per heavy atom. The molecule has 0 radical (unpaired) electrons. The van der Waals surface area contributed by atoms with Crippen LogP contribution >= 0.6 is 0 Å². The molecule has 82 valence electrons. The third kappa shape index (κ3) is 1.98. The van der Waals surface area contributed by atoms with Gasteiger partial charge in [0.15, 0.2) is 5.82 Å². The molecule has 0 spiro atoms. The molecule has 0 fully saturated rings. The molecule has 2 rings (SSSR count). The summed E-state index contributed by atoms with van der Waals surface area (Å²) in [5, 5.41) is 6.77. The minimum absolute atomic E-state index is 0.415. The molecule has 0 amide bonds. The fourth-order valence-corrected chi connectivity index (χ4v) is 1.61. The largest absolute Gasteiger partial charge is 0.481 e. The molecule has 0 saturated carbocycles. The van der Waals surface area contributed by atoms with Crippen molar-refractivity contribution in [1.82, 2.24) is 4.98 Å². The highest BCUT2D eigenvalue weighted by Crippen LogP contribution is 2.27. The van der Waals surface area contributed by atoms with E-state index in [4.69, 9.17) is 4.74 Å². The second-order valence-corrected chi connectivity index (χ2v) is 4.04. The van der Waals surface area contributed by atoms with Crippen molar-refractivity contribution in [1.29, 1.82) is 0 Å². The summed E-state index contributed by atoms with van der Waals surface area (Å²) in [6.07, 6.45) is 0. The number of nitrogens with one attached hydrogen (secondary N) is 2. The van der Waals surface area contributed by atoms with Crippen LogP contribution in [0.15, 0.2) is 12.1 Å². The SMILES string of the molecule is COc1ccc2c(n1)NC(C)C(C)CN2. The maximum atomic E-state index is 5.10. The van der Waals surface area contributed by atoms with Gasteiger partial charge in [-0.2, -0.15) is 4.98 Å². The zero-order chi connectivity index (χ0) is 10.8. The Morgan fingerprint density at radius 2 is 2.20 bits per heavy atom. The maximum Gasteiger partial charge on any atom is 0.215 e. The summed E-state index contributed by atoms with van der Waals surface area (Å²) in [6.45, 7) is 5.35. The minimum Gasteiger partial charge on any atom is -0.481 e. The van der Waals surface area contributed by atoms with Crippen LogP contribution in [0.2, 0.25) is 0 Å². The van der Waals surface area contributed by atoms with Crippen molar-refractivity contribution >= 4 is 11.5 Å². The Bertz CT molecular complexity index is 354. The molecule has 0 aliphatic carbocycles. The molecule has 2 atom stereocenters. The molecule has 2 unspecified atom stereocenters. The van der Waals surface area contributed by atoms with Crippen molar-refractivity contribution in [3.8, 4) is 5.88 Å². The summed E-state index contributed by atoms with van der Waals surface area (Å²) in [7, 11) is 1.63. The van der Waals surface area contributed by atoms with Gasteiger partial charge in [0.25, 0.3) is 0 Å². The molecule has 0 aromatic carbocycles. The second kappa shape index (κ2) is 3.96. The van der Waals surface area contributed by atoms with Crippen molar-refractivity contribution in [3.63, 3.8) is 0 Å². The van der Waals surface area contributed by atoms with Crippen LogP contribution in [0, 0.1) is 5.92 Å². The topological polar surface area (TPSA) is 46.2 Å². The number of nitrogens with zero attached hydrogens (tertiary/aromatic N) is 1. The van der Waals surface area contributed by atoms with Crippen LogP contribution in [-0.4, -0.2) is 24.7 Å². The highest BCUT2D eigenvalue weighted by Gasteiger charge is 2.19. The third-order valence-electron chi connectivity index (χ3n) is 2.91. The van der Waals surface area contributed by atoms with E-state index in [2.05, 4.69) is 29.5 Å². The van der Waals surface area contributed by atoms with Crippen LogP contribution in [0.25, 0.3) is 0 Å². The first kappa shape index (κ1) is 10.1. The van der Waals surface area contributed by atoms with E-state index in [1.807, 2.05) is 12.1 Å². The van der Waals surface area contributed by atoms with Gasteiger partial charge in [-0.1, -0.05) is 6.92 Å². The fourth-order valence-electron chi connectivity index (χ4n) is 1.61. The van der Waals surface area contributed by atoms with Crippen LogP contribution in [0.3, 0.4) is 0 Å². The van der Waals surface area contributed by atoms with Gasteiger partial charge >= 0.3 is 0 Å². The first-order valence-corrected chi connectivity index (χ1v) is 5.26. The van der Waals surface area contributed by atoms with E-state index >= 15 is 0 Å². The number of hydrogen-bond acceptors (Lipinski definition) is 4. The van der Waals surface area contributed by atoms with Gasteiger partial charge in [0, 0.05) is 18.7 Å². The number of aromatic nitrogens is 1. The van der Waals surface area contributed by atoms with E-state index in [0.717, 1.165) is 18.1 Å². The molecule has 1 aliphatic heterocycles. The van der Waals surface area contributed by atoms with E-state index in [1.54, 1.807) is 7.11 Å². The van der Waals surface area contributed by atoms with E-state index in [1.165, 1.54) is 0 Å². The summed E-state index contributed by atoms with van der Waals surface area (Å²) < 4.78 is 5.10. The van der Waals surface area contributed by atoms with Crippen molar-refractivity contribution in [2.75, 3.05) is 24.3 Å². The molecular weight excluding hydrogens is 190 g/mol. The van der Waals surface area contributed by atoms with E-state index < -0.39 is 0 Å². The van der Waals surface area contributed by atoms with Gasteiger partial charge in [-0.3, -0.25) is 0 Å². The molecule has 2 heterocycles. The van der Waals surface area contributed by atoms with Crippen molar-refractivity contribution in [2.45, 2.75) is 19.9 Å². The molecule has 2 N–H and O–H groups in total. The van der Waals surface area contributed by atoms with Crippen molar-refractivity contribution in [3.05, 3.63) is 12.1 Å². The number of rotatable bonds is 1. The molecule has 1 aromatic rings. The van der Waals surface area contributed by atoms with Gasteiger partial charge in [-0.25, -0.2) is 0 Å². The highest BCUT2D eigenvalue weighted by atomic mass is 16.5. The van der Waals surface area contributed by atoms with Crippen LogP contribution in [0.5, 0.6) is 5.88 Å². The Balaban J connectivity index is 2.31. The average Bonchev–Trinajstić information content (AvgIpc) is 2.39. The lowest BCUT2D eigenvalue weighted by Gasteiger charge is -2.17. The monoisotopic (exact) mass is 207 g/mol. The Morgan fingerprint density at radius 3 is 2.93 bits per heavy atom. The predicted molar refractivity (Wildman–Crippen MR) is 61.5 cm³/mol. The number of fused-ring (bicyclic) bond motifs is 1. The van der Waals surface area contributed by atoms with Crippen LogP contribution in [-0.2, 0) is 0 Å². The van der Waals surface area contributed by atoms with Gasteiger partial charge in [0.05, 0.1) is 12.8 Å². The van der Waals surface area contributed by atoms with E-state index in [-0.39, 0.29) is 0 Å².